The average Bonchev–Trinajstić information content (AvgIpc) is 2.69. The van der Waals surface area contributed by atoms with E-state index in [9.17, 15) is 4.79 Å². The van der Waals surface area contributed by atoms with Gasteiger partial charge in [-0.2, -0.15) is 0 Å². The molecule has 0 saturated heterocycles. The summed E-state index contributed by atoms with van der Waals surface area (Å²) in [5.41, 5.74) is 1.05. The van der Waals surface area contributed by atoms with Crippen molar-refractivity contribution in [2.45, 2.75) is 32.9 Å². The third-order valence-electron chi connectivity index (χ3n) is 2.69. The zero-order chi connectivity index (χ0) is 13.1. The van der Waals surface area contributed by atoms with E-state index in [1.54, 1.807) is 6.20 Å². The van der Waals surface area contributed by atoms with Crippen molar-refractivity contribution in [3.8, 4) is 5.95 Å². The minimum atomic E-state index is -0.401. The first-order valence-electron chi connectivity index (χ1n) is 6.01. The second-order valence-corrected chi connectivity index (χ2v) is 4.48. The average molecular weight is 247 g/mol. The quantitative estimate of drug-likeness (QED) is 0.834. The van der Waals surface area contributed by atoms with Crippen LogP contribution in [0, 0.1) is 0 Å². The summed E-state index contributed by atoms with van der Waals surface area (Å²) >= 11 is 0. The fourth-order valence-corrected chi connectivity index (χ4v) is 1.78. The van der Waals surface area contributed by atoms with Crippen LogP contribution in [-0.4, -0.2) is 10.7 Å². The Bertz CT molecular complexity index is 554. The predicted octanol–water partition coefficient (Wildman–Crippen LogP) is 2.84. The Morgan fingerprint density at radius 1 is 1.17 bits per heavy atom. The Balaban J connectivity index is 2.28. The van der Waals surface area contributed by atoms with E-state index in [4.69, 9.17) is 9.15 Å². The van der Waals surface area contributed by atoms with Crippen LogP contribution in [0.3, 0.4) is 0 Å². The van der Waals surface area contributed by atoms with Crippen LogP contribution in [0.5, 0.6) is 5.95 Å². The van der Waals surface area contributed by atoms with Gasteiger partial charge >= 0.3 is 11.7 Å². The highest BCUT2D eigenvalue weighted by molar-refractivity contribution is 5.19. The summed E-state index contributed by atoms with van der Waals surface area (Å²) in [4.78, 5) is 11.8. The molecule has 96 valence electrons. The topological polar surface area (TPSA) is 44.4 Å². The summed E-state index contributed by atoms with van der Waals surface area (Å²) in [7, 11) is 0. The molecule has 0 spiro atoms. The molecule has 1 unspecified atom stereocenters. The van der Waals surface area contributed by atoms with Gasteiger partial charge in [-0.25, -0.2) is 4.79 Å². The van der Waals surface area contributed by atoms with Crippen LogP contribution in [0.4, 0.5) is 0 Å². The van der Waals surface area contributed by atoms with E-state index in [1.165, 1.54) is 4.57 Å². The van der Waals surface area contributed by atoms with Crippen LogP contribution in [0.15, 0.2) is 45.7 Å². The van der Waals surface area contributed by atoms with Crippen molar-refractivity contribution in [2.75, 3.05) is 0 Å². The Morgan fingerprint density at radius 2 is 1.83 bits per heavy atom. The lowest BCUT2D eigenvalue weighted by molar-refractivity contribution is 0.182. The maximum Gasteiger partial charge on any atom is 0.422 e. The molecule has 0 amide bonds. The van der Waals surface area contributed by atoms with Crippen molar-refractivity contribution < 1.29 is 9.15 Å². The second-order valence-electron chi connectivity index (χ2n) is 4.48. The SMILES string of the molecule is CC(C)Oc1cn(C(C)c2ccccc2)c(=O)o1. The van der Waals surface area contributed by atoms with Crippen molar-refractivity contribution in [2.24, 2.45) is 0 Å². The molecule has 4 heteroatoms. The Labute approximate surface area is 106 Å². The highest BCUT2D eigenvalue weighted by Gasteiger charge is 2.14. The van der Waals surface area contributed by atoms with Gasteiger partial charge < -0.3 is 9.15 Å². The molecule has 18 heavy (non-hydrogen) atoms. The van der Waals surface area contributed by atoms with Gasteiger partial charge in [0.1, 0.15) is 0 Å². The lowest BCUT2D eigenvalue weighted by Crippen LogP contribution is -2.18. The standard InChI is InChI=1S/C14H17NO3/c1-10(2)17-13-9-15(14(16)18-13)11(3)12-7-5-4-6-8-12/h4-11H,1-3H3. The molecule has 0 fully saturated rings. The smallest absolute Gasteiger partial charge is 0.422 e. The van der Waals surface area contributed by atoms with Gasteiger partial charge in [-0.15, -0.1) is 0 Å². The van der Waals surface area contributed by atoms with E-state index in [2.05, 4.69) is 0 Å². The molecule has 0 radical (unpaired) electrons. The number of aromatic nitrogens is 1. The normalized spacial score (nSPS) is 12.7. The lowest BCUT2D eigenvalue weighted by atomic mass is 10.1. The van der Waals surface area contributed by atoms with Crippen molar-refractivity contribution in [3.63, 3.8) is 0 Å². The van der Waals surface area contributed by atoms with Gasteiger partial charge in [-0.3, -0.25) is 4.57 Å². The van der Waals surface area contributed by atoms with Gasteiger partial charge in [0.2, 0.25) is 0 Å². The summed E-state index contributed by atoms with van der Waals surface area (Å²) in [6.45, 7) is 5.72. The third-order valence-corrected chi connectivity index (χ3v) is 2.69. The molecule has 2 rings (SSSR count). The van der Waals surface area contributed by atoms with Gasteiger partial charge in [0.25, 0.3) is 0 Å². The van der Waals surface area contributed by atoms with Crippen molar-refractivity contribution in [3.05, 3.63) is 52.6 Å². The molecule has 0 aliphatic heterocycles. The first-order chi connectivity index (χ1) is 8.58. The molecule has 2 aromatic rings. The highest BCUT2D eigenvalue weighted by atomic mass is 16.6. The number of rotatable bonds is 4. The van der Waals surface area contributed by atoms with Crippen LogP contribution in [0.1, 0.15) is 32.4 Å². The van der Waals surface area contributed by atoms with Crippen LogP contribution in [0.25, 0.3) is 0 Å². The fraction of sp³-hybridized carbons (Fsp3) is 0.357. The van der Waals surface area contributed by atoms with E-state index >= 15 is 0 Å². The third kappa shape index (κ3) is 2.64. The molecule has 1 atom stereocenters. The van der Waals surface area contributed by atoms with Crippen LogP contribution >= 0.6 is 0 Å². The number of hydrogen-bond acceptors (Lipinski definition) is 3. The molecular formula is C14H17NO3. The molecule has 0 bridgehead atoms. The summed E-state index contributed by atoms with van der Waals surface area (Å²) < 4.78 is 12.0. The number of ether oxygens (including phenoxy) is 1. The van der Waals surface area contributed by atoms with Gasteiger partial charge in [0.15, 0.2) is 0 Å². The number of nitrogens with zero attached hydrogens (tertiary/aromatic N) is 1. The van der Waals surface area contributed by atoms with Crippen LogP contribution < -0.4 is 10.5 Å². The first-order valence-corrected chi connectivity index (χ1v) is 6.01. The molecule has 1 aromatic heterocycles. The lowest BCUT2D eigenvalue weighted by Gasteiger charge is -2.11. The Kier molecular flexibility index (Phi) is 3.55. The number of oxazole rings is 1. The molecule has 0 saturated carbocycles. The fourth-order valence-electron chi connectivity index (χ4n) is 1.78. The molecule has 4 nitrogen and oxygen atoms in total. The maximum atomic E-state index is 11.8. The van der Waals surface area contributed by atoms with Gasteiger partial charge in [-0.05, 0) is 26.3 Å². The van der Waals surface area contributed by atoms with Gasteiger partial charge in [-0.1, -0.05) is 30.3 Å². The number of benzene rings is 1. The van der Waals surface area contributed by atoms with Gasteiger partial charge in [0, 0.05) is 0 Å². The predicted molar refractivity (Wildman–Crippen MR) is 69.0 cm³/mol. The van der Waals surface area contributed by atoms with Crippen LogP contribution in [0.2, 0.25) is 0 Å². The largest absolute Gasteiger partial charge is 0.461 e. The Morgan fingerprint density at radius 3 is 2.44 bits per heavy atom. The molecule has 0 N–H and O–H groups in total. The van der Waals surface area contributed by atoms with E-state index in [1.807, 2.05) is 51.1 Å². The van der Waals surface area contributed by atoms with E-state index in [0.29, 0.717) is 0 Å². The highest BCUT2D eigenvalue weighted by Crippen LogP contribution is 2.19. The zero-order valence-corrected chi connectivity index (χ0v) is 10.8. The monoisotopic (exact) mass is 247 g/mol. The van der Waals surface area contributed by atoms with Crippen molar-refractivity contribution >= 4 is 0 Å². The minimum absolute atomic E-state index is 0.0176. The minimum Gasteiger partial charge on any atom is -0.461 e. The van der Waals surface area contributed by atoms with E-state index in [-0.39, 0.29) is 18.1 Å². The summed E-state index contributed by atoms with van der Waals surface area (Å²) in [5, 5.41) is 0. The van der Waals surface area contributed by atoms with E-state index in [0.717, 1.165) is 5.56 Å². The summed E-state index contributed by atoms with van der Waals surface area (Å²) in [6.07, 6.45) is 1.59. The molecular weight excluding hydrogens is 230 g/mol. The Hall–Kier alpha value is -1.97. The summed E-state index contributed by atoms with van der Waals surface area (Å²) in [5.74, 6) is -0.139. The molecule has 1 heterocycles. The molecule has 1 aromatic carbocycles. The maximum absolute atomic E-state index is 11.8. The van der Waals surface area contributed by atoms with Crippen molar-refractivity contribution in [1.82, 2.24) is 4.57 Å². The molecule has 0 aliphatic carbocycles. The second kappa shape index (κ2) is 5.12. The number of hydrogen-bond donors (Lipinski definition) is 0. The van der Waals surface area contributed by atoms with E-state index < -0.39 is 5.76 Å². The molecule has 0 aliphatic rings. The zero-order valence-electron chi connectivity index (χ0n) is 10.8. The first kappa shape index (κ1) is 12.5. The van der Waals surface area contributed by atoms with Crippen molar-refractivity contribution in [1.29, 1.82) is 0 Å². The van der Waals surface area contributed by atoms with Crippen LogP contribution in [-0.2, 0) is 0 Å². The van der Waals surface area contributed by atoms with Gasteiger partial charge in [0.05, 0.1) is 18.3 Å². The summed E-state index contributed by atoms with van der Waals surface area (Å²) in [6, 6.07) is 9.72.